The molecule has 1 unspecified atom stereocenters. The van der Waals surface area contributed by atoms with Crippen molar-refractivity contribution >= 4 is 11.3 Å². The third kappa shape index (κ3) is 3.20. The highest BCUT2D eigenvalue weighted by molar-refractivity contribution is 7.07. The van der Waals surface area contributed by atoms with Crippen LogP contribution in [0.15, 0.2) is 41.1 Å². The molecule has 4 rings (SSSR count). The molecule has 3 heteroatoms. The van der Waals surface area contributed by atoms with E-state index in [1.807, 2.05) is 11.3 Å². The first kappa shape index (κ1) is 13.5. The van der Waals surface area contributed by atoms with Gasteiger partial charge in [-0.05, 0) is 52.8 Å². The molecule has 1 aliphatic carbocycles. The molecule has 0 amide bonds. The van der Waals surface area contributed by atoms with Gasteiger partial charge < -0.3 is 5.32 Å². The van der Waals surface area contributed by atoms with Crippen LogP contribution in [0.3, 0.4) is 0 Å². The highest BCUT2D eigenvalue weighted by Crippen LogP contribution is 2.29. The van der Waals surface area contributed by atoms with E-state index < -0.39 is 0 Å². The Labute approximate surface area is 130 Å². The third-order valence-electron chi connectivity index (χ3n) is 4.65. The highest BCUT2D eigenvalue weighted by Gasteiger charge is 2.31. The highest BCUT2D eigenvalue weighted by atomic mass is 32.1. The van der Waals surface area contributed by atoms with E-state index in [1.165, 1.54) is 42.5 Å². The van der Waals surface area contributed by atoms with E-state index in [0.717, 1.165) is 19.1 Å². The number of nitrogens with zero attached hydrogens (tertiary/aromatic N) is 1. The molecule has 0 bridgehead atoms. The molecule has 1 aromatic heterocycles. The van der Waals surface area contributed by atoms with Crippen LogP contribution >= 0.6 is 11.3 Å². The van der Waals surface area contributed by atoms with Gasteiger partial charge in [0.05, 0.1) is 0 Å². The maximum Gasteiger partial charge on any atom is 0.0245 e. The first-order chi connectivity index (χ1) is 10.4. The molecular weight excluding hydrogens is 276 g/mol. The Hall–Kier alpha value is -1.16. The zero-order valence-electron chi connectivity index (χ0n) is 12.3. The lowest BCUT2D eigenvalue weighted by molar-refractivity contribution is 0.219. The van der Waals surface area contributed by atoms with E-state index in [-0.39, 0.29) is 0 Å². The van der Waals surface area contributed by atoms with Gasteiger partial charge in [-0.25, -0.2) is 0 Å². The van der Waals surface area contributed by atoms with Crippen molar-refractivity contribution in [3.8, 4) is 0 Å². The predicted octanol–water partition coefficient (Wildman–Crippen LogP) is 3.43. The zero-order chi connectivity index (χ0) is 14.1. The Bertz CT molecular complexity index is 589. The van der Waals surface area contributed by atoms with Crippen LogP contribution in [0.1, 0.15) is 29.5 Å². The molecule has 0 spiro atoms. The maximum absolute atomic E-state index is 3.73. The van der Waals surface area contributed by atoms with Gasteiger partial charge in [-0.2, -0.15) is 11.3 Å². The van der Waals surface area contributed by atoms with E-state index >= 15 is 0 Å². The molecule has 2 aliphatic rings. The van der Waals surface area contributed by atoms with Crippen molar-refractivity contribution < 1.29 is 0 Å². The van der Waals surface area contributed by atoms with Crippen LogP contribution in [-0.2, 0) is 19.5 Å². The van der Waals surface area contributed by atoms with Gasteiger partial charge in [0.15, 0.2) is 0 Å². The molecule has 110 valence electrons. The standard InChI is InChI=1S/C18H22N2S/c1-2-4-16-10-19-17(9-15(16)3-1)12-20(18-5-6-18)11-14-7-8-21-13-14/h1-4,7-8,13,17-19H,5-6,9-12H2. The van der Waals surface area contributed by atoms with Gasteiger partial charge in [-0.1, -0.05) is 24.3 Å². The summed E-state index contributed by atoms with van der Waals surface area (Å²) >= 11 is 1.81. The second-order valence-electron chi connectivity index (χ2n) is 6.34. The van der Waals surface area contributed by atoms with Gasteiger partial charge in [-0.3, -0.25) is 4.90 Å². The van der Waals surface area contributed by atoms with Crippen molar-refractivity contribution in [1.82, 2.24) is 10.2 Å². The first-order valence-corrected chi connectivity index (χ1v) is 8.88. The molecule has 2 heterocycles. The largest absolute Gasteiger partial charge is 0.308 e. The van der Waals surface area contributed by atoms with E-state index in [1.54, 1.807) is 0 Å². The van der Waals surface area contributed by atoms with E-state index in [2.05, 4.69) is 51.3 Å². The lowest BCUT2D eigenvalue weighted by Crippen LogP contribution is -2.45. The summed E-state index contributed by atoms with van der Waals surface area (Å²) in [6.45, 7) is 3.32. The van der Waals surface area contributed by atoms with Crippen LogP contribution in [0.4, 0.5) is 0 Å². The second-order valence-corrected chi connectivity index (χ2v) is 7.12. The smallest absolute Gasteiger partial charge is 0.0245 e. The Balaban J connectivity index is 1.42. The molecule has 0 saturated heterocycles. The summed E-state index contributed by atoms with van der Waals surface area (Å²) in [7, 11) is 0. The zero-order valence-corrected chi connectivity index (χ0v) is 13.1. The Morgan fingerprint density at radius 3 is 2.76 bits per heavy atom. The number of rotatable bonds is 5. The molecule has 21 heavy (non-hydrogen) atoms. The Kier molecular flexibility index (Phi) is 3.80. The average molecular weight is 298 g/mol. The van der Waals surface area contributed by atoms with E-state index in [0.29, 0.717) is 6.04 Å². The van der Waals surface area contributed by atoms with Gasteiger partial charge in [0.2, 0.25) is 0 Å². The SMILES string of the molecule is c1ccc2c(c1)CNC(CN(Cc1ccsc1)C1CC1)C2. The van der Waals surface area contributed by atoms with Gasteiger partial charge in [0, 0.05) is 31.7 Å². The molecule has 1 N–H and O–H groups in total. The molecule has 1 aromatic carbocycles. The quantitative estimate of drug-likeness (QED) is 0.910. The summed E-state index contributed by atoms with van der Waals surface area (Å²) in [5.41, 5.74) is 4.49. The average Bonchev–Trinajstić information content (AvgIpc) is 3.24. The number of thiophene rings is 1. The van der Waals surface area contributed by atoms with Crippen LogP contribution in [-0.4, -0.2) is 23.5 Å². The summed E-state index contributed by atoms with van der Waals surface area (Å²) in [6.07, 6.45) is 3.93. The summed E-state index contributed by atoms with van der Waals surface area (Å²) in [5, 5.41) is 8.21. The summed E-state index contributed by atoms with van der Waals surface area (Å²) in [6, 6.07) is 12.6. The summed E-state index contributed by atoms with van der Waals surface area (Å²) in [4.78, 5) is 2.69. The van der Waals surface area contributed by atoms with Gasteiger partial charge in [0.1, 0.15) is 0 Å². The molecule has 1 fully saturated rings. The van der Waals surface area contributed by atoms with E-state index in [4.69, 9.17) is 0 Å². The fraction of sp³-hybridized carbons (Fsp3) is 0.444. The van der Waals surface area contributed by atoms with Gasteiger partial charge >= 0.3 is 0 Å². The monoisotopic (exact) mass is 298 g/mol. The Morgan fingerprint density at radius 2 is 2.00 bits per heavy atom. The fourth-order valence-corrected chi connectivity index (χ4v) is 3.99. The van der Waals surface area contributed by atoms with Gasteiger partial charge in [0.25, 0.3) is 0 Å². The van der Waals surface area contributed by atoms with Crippen molar-refractivity contribution in [3.63, 3.8) is 0 Å². The minimum atomic E-state index is 0.596. The van der Waals surface area contributed by atoms with Crippen LogP contribution in [0, 0.1) is 0 Å². The van der Waals surface area contributed by atoms with Crippen molar-refractivity contribution in [2.24, 2.45) is 0 Å². The number of hydrogen-bond donors (Lipinski definition) is 1. The van der Waals surface area contributed by atoms with Crippen molar-refractivity contribution in [2.75, 3.05) is 6.54 Å². The normalized spacial score (nSPS) is 21.5. The number of fused-ring (bicyclic) bond motifs is 1. The summed E-state index contributed by atoms with van der Waals surface area (Å²) in [5.74, 6) is 0. The third-order valence-corrected chi connectivity index (χ3v) is 5.38. The molecule has 1 saturated carbocycles. The van der Waals surface area contributed by atoms with Crippen molar-refractivity contribution in [2.45, 2.75) is 44.4 Å². The van der Waals surface area contributed by atoms with Crippen LogP contribution in [0.25, 0.3) is 0 Å². The Morgan fingerprint density at radius 1 is 1.14 bits per heavy atom. The van der Waals surface area contributed by atoms with Crippen molar-refractivity contribution in [1.29, 1.82) is 0 Å². The van der Waals surface area contributed by atoms with Crippen LogP contribution in [0.2, 0.25) is 0 Å². The summed E-state index contributed by atoms with van der Waals surface area (Å²) < 4.78 is 0. The molecule has 0 radical (unpaired) electrons. The van der Waals surface area contributed by atoms with E-state index in [9.17, 15) is 0 Å². The number of hydrogen-bond acceptors (Lipinski definition) is 3. The second kappa shape index (κ2) is 5.91. The molecule has 2 nitrogen and oxygen atoms in total. The van der Waals surface area contributed by atoms with Crippen LogP contribution < -0.4 is 5.32 Å². The number of nitrogens with one attached hydrogen (secondary N) is 1. The maximum atomic E-state index is 3.73. The van der Waals surface area contributed by atoms with Crippen molar-refractivity contribution in [3.05, 3.63) is 57.8 Å². The first-order valence-electron chi connectivity index (χ1n) is 7.94. The predicted molar refractivity (Wildman–Crippen MR) is 88.5 cm³/mol. The molecule has 1 atom stereocenters. The minimum absolute atomic E-state index is 0.596. The molecule has 2 aromatic rings. The molecular formula is C18H22N2S. The minimum Gasteiger partial charge on any atom is -0.308 e. The topological polar surface area (TPSA) is 15.3 Å². The fourth-order valence-electron chi connectivity index (χ4n) is 3.33. The number of benzene rings is 1. The van der Waals surface area contributed by atoms with Crippen LogP contribution in [0.5, 0.6) is 0 Å². The lowest BCUT2D eigenvalue weighted by atomic mass is 9.95. The molecule has 1 aliphatic heterocycles. The van der Waals surface area contributed by atoms with Gasteiger partial charge in [-0.15, -0.1) is 0 Å². The lowest BCUT2D eigenvalue weighted by Gasteiger charge is -2.31.